The molecule has 0 bridgehead atoms. The summed E-state index contributed by atoms with van der Waals surface area (Å²) in [5.41, 5.74) is 5.43. The highest BCUT2D eigenvalue weighted by Crippen LogP contribution is 2.22. The lowest BCUT2D eigenvalue weighted by atomic mass is 10.5. The first-order valence-corrected chi connectivity index (χ1v) is 4.54. The van der Waals surface area contributed by atoms with E-state index in [0.717, 1.165) is 0 Å². The quantitative estimate of drug-likeness (QED) is 0.796. The van der Waals surface area contributed by atoms with Crippen LogP contribution in [0.3, 0.4) is 0 Å². The molecule has 1 heterocycles. The van der Waals surface area contributed by atoms with Gasteiger partial charge < -0.3 is 15.4 Å². The monoisotopic (exact) mass is 216 g/mol. The maximum atomic E-state index is 5.92. The van der Waals surface area contributed by atoms with Gasteiger partial charge in [-0.1, -0.05) is 11.6 Å². The van der Waals surface area contributed by atoms with Crippen LogP contribution >= 0.6 is 11.6 Å². The van der Waals surface area contributed by atoms with Crippen molar-refractivity contribution in [2.45, 2.75) is 0 Å². The molecule has 0 aliphatic carbocycles. The second-order valence-corrected chi connectivity index (χ2v) is 3.15. The molecule has 0 saturated carbocycles. The molecule has 2 N–H and O–H groups in total. The Bertz CT molecular complexity index is 307. The van der Waals surface area contributed by atoms with Gasteiger partial charge in [0.05, 0.1) is 13.3 Å². The molecule has 1 aromatic rings. The van der Waals surface area contributed by atoms with Crippen molar-refractivity contribution < 1.29 is 4.74 Å². The highest BCUT2D eigenvalue weighted by molar-refractivity contribution is 6.32. The Morgan fingerprint density at radius 1 is 1.64 bits per heavy atom. The number of hydrogen-bond donors (Lipinski definition) is 1. The van der Waals surface area contributed by atoms with Crippen molar-refractivity contribution in [3.63, 3.8) is 0 Å². The van der Waals surface area contributed by atoms with Gasteiger partial charge in [-0.05, 0) is 0 Å². The molecule has 6 heteroatoms. The van der Waals surface area contributed by atoms with Crippen LogP contribution in [0, 0.1) is 0 Å². The van der Waals surface area contributed by atoms with Gasteiger partial charge in [-0.2, -0.15) is 4.98 Å². The number of anilines is 1. The predicted octanol–water partition coefficient (Wildman–Crippen LogP) is 0.533. The predicted molar refractivity (Wildman–Crippen MR) is 55.9 cm³/mol. The first-order chi connectivity index (χ1) is 6.69. The highest BCUT2D eigenvalue weighted by Gasteiger charge is 2.09. The van der Waals surface area contributed by atoms with Crippen LogP contribution in [-0.2, 0) is 0 Å². The second-order valence-electron chi connectivity index (χ2n) is 2.74. The van der Waals surface area contributed by atoms with E-state index in [-0.39, 0.29) is 0 Å². The highest BCUT2D eigenvalue weighted by atomic mass is 35.5. The van der Waals surface area contributed by atoms with Crippen LogP contribution in [0.2, 0.25) is 5.02 Å². The third-order valence-corrected chi connectivity index (χ3v) is 1.98. The summed E-state index contributed by atoms with van der Waals surface area (Å²) >= 11 is 5.92. The topological polar surface area (TPSA) is 64.3 Å². The normalized spacial score (nSPS) is 10.0. The van der Waals surface area contributed by atoms with Gasteiger partial charge in [0.15, 0.2) is 5.82 Å². The molecule has 0 aliphatic heterocycles. The van der Waals surface area contributed by atoms with Crippen molar-refractivity contribution in [3.05, 3.63) is 11.2 Å². The van der Waals surface area contributed by atoms with Gasteiger partial charge >= 0.3 is 6.01 Å². The van der Waals surface area contributed by atoms with E-state index in [1.807, 2.05) is 11.9 Å². The summed E-state index contributed by atoms with van der Waals surface area (Å²) in [6.07, 6.45) is 1.51. The summed E-state index contributed by atoms with van der Waals surface area (Å²) in [7, 11) is 3.37. The van der Waals surface area contributed by atoms with Crippen molar-refractivity contribution in [2.75, 3.05) is 32.1 Å². The number of likely N-dealkylation sites (N-methyl/N-ethyl adjacent to an activating group) is 1. The molecule has 1 aromatic heterocycles. The largest absolute Gasteiger partial charge is 0.467 e. The van der Waals surface area contributed by atoms with Gasteiger partial charge in [-0.25, -0.2) is 4.98 Å². The molecule has 0 radical (unpaired) electrons. The smallest absolute Gasteiger partial charge is 0.318 e. The standard InChI is InChI=1S/C8H13ClN4O/c1-13(4-3-10)7-6(9)5-11-8(12-7)14-2/h5H,3-4,10H2,1-2H3. The molecular weight excluding hydrogens is 204 g/mol. The fourth-order valence-corrected chi connectivity index (χ4v) is 1.24. The minimum Gasteiger partial charge on any atom is -0.467 e. The molecule has 0 amide bonds. The Labute approximate surface area is 87.8 Å². The van der Waals surface area contributed by atoms with E-state index in [1.165, 1.54) is 13.3 Å². The summed E-state index contributed by atoms with van der Waals surface area (Å²) in [5.74, 6) is 0.629. The van der Waals surface area contributed by atoms with Crippen LogP contribution in [-0.4, -0.2) is 37.2 Å². The zero-order valence-corrected chi connectivity index (χ0v) is 8.95. The molecule has 0 fully saturated rings. The van der Waals surface area contributed by atoms with Crippen molar-refractivity contribution in [1.82, 2.24) is 9.97 Å². The fourth-order valence-electron chi connectivity index (χ4n) is 1.01. The average Bonchev–Trinajstić information content (AvgIpc) is 2.19. The van der Waals surface area contributed by atoms with Gasteiger partial charge in [0.25, 0.3) is 0 Å². The molecule has 1 rings (SSSR count). The maximum absolute atomic E-state index is 5.92. The number of nitrogens with zero attached hydrogens (tertiary/aromatic N) is 3. The van der Waals surface area contributed by atoms with Crippen LogP contribution < -0.4 is 15.4 Å². The van der Waals surface area contributed by atoms with Crippen LogP contribution in [0.5, 0.6) is 6.01 Å². The number of halogens is 1. The van der Waals surface area contributed by atoms with E-state index in [9.17, 15) is 0 Å². The summed E-state index contributed by atoms with van der Waals surface area (Å²) in [6, 6.07) is 0.299. The zero-order valence-electron chi connectivity index (χ0n) is 8.20. The zero-order chi connectivity index (χ0) is 10.6. The molecule has 0 saturated heterocycles. The summed E-state index contributed by atoms with van der Waals surface area (Å²) < 4.78 is 4.90. The summed E-state index contributed by atoms with van der Waals surface area (Å²) in [4.78, 5) is 9.84. The molecular formula is C8H13ClN4O. The molecule has 5 nitrogen and oxygen atoms in total. The Hall–Kier alpha value is -1.07. The van der Waals surface area contributed by atoms with E-state index in [0.29, 0.717) is 29.9 Å². The lowest BCUT2D eigenvalue weighted by Gasteiger charge is -2.18. The van der Waals surface area contributed by atoms with E-state index < -0.39 is 0 Å². The van der Waals surface area contributed by atoms with Crippen molar-refractivity contribution in [1.29, 1.82) is 0 Å². The number of aromatic nitrogens is 2. The maximum Gasteiger partial charge on any atom is 0.318 e. The van der Waals surface area contributed by atoms with Crippen LogP contribution in [0.4, 0.5) is 5.82 Å². The van der Waals surface area contributed by atoms with Gasteiger partial charge in [-0.15, -0.1) is 0 Å². The Morgan fingerprint density at radius 3 is 2.93 bits per heavy atom. The van der Waals surface area contributed by atoms with Gasteiger partial charge in [0, 0.05) is 20.1 Å². The first kappa shape index (κ1) is 11.0. The van der Waals surface area contributed by atoms with E-state index in [4.69, 9.17) is 22.1 Å². The SMILES string of the molecule is COc1ncc(Cl)c(N(C)CCN)n1. The van der Waals surface area contributed by atoms with Crippen LogP contribution in [0.15, 0.2) is 6.20 Å². The fraction of sp³-hybridized carbons (Fsp3) is 0.500. The van der Waals surface area contributed by atoms with Crippen molar-refractivity contribution in [3.8, 4) is 6.01 Å². The lowest BCUT2D eigenvalue weighted by Crippen LogP contribution is -2.26. The third-order valence-electron chi connectivity index (χ3n) is 1.71. The Balaban J connectivity index is 2.93. The van der Waals surface area contributed by atoms with Crippen molar-refractivity contribution >= 4 is 17.4 Å². The van der Waals surface area contributed by atoms with Crippen LogP contribution in [0.1, 0.15) is 0 Å². The number of ether oxygens (including phenoxy) is 1. The molecule has 0 unspecified atom stereocenters. The minimum absolute atomic E-state index is 0.299. The molecule has 0 atom stereocenters. The number of nitrogens with two attached hydrogens (primary N) is 1. The molecule has 0 aromatic carbocycles. The van der Waals surface area contributed by atoms with E-state index >= 15 is 0 Å². The van der Waals surface area contributed by atoms with E-state index in [2.05, 4.69) is 9.97 Å². The molecule has 0 spiro atoms. The average molecular weight is 217 g/mol. The van der Waals surface area contributed by atoms with E-state index in [1.54, 1.807) is 0 Å². The number of hydrogen-bond acceptors (Lipinski definition) is 5. The molecule has 78 valence electrons. The Kier molecular flexibility index (Phi) is 3.91. The van der Waals surface area contributed by atoms with Gasteiger partial charge in [0.1, 0.15) is 5.02 Å². The second kappa shape index (κ2) is 4.97. The molecule has 14 heavy (non-hydrogen) atoms. The number of methoxy groups -OCH3 is 1. The minimum atomic E-state index is 0.299. The summed E-state index contributed by atoms with van der Waals surface area (Å²) in [5, 5.41) is 0.488. The third kappa shape index (κ3) is 2.46. The first-order valence-electron chi connectivity index (χ1n) is 4.16. The number of rotatable bonds is 4. The van der Waals surface area contributed by atoms with Crippen molar-refractivity contribution in [2.24, 2.45) is 5.73 Å². The summed E-state index contributed by atoms with van der Waals surface area (Å²) in [6.45, 7) is 1.22. The van der Waals surface area contributed by atoms with Gasteiger partial charge in [0.2, 0.25) is 0 Å². The van der Waals surface area contributed by atoms with Crippen LogP contribution in [0.25, 0.3) is 0 Å². The Morgan fingerprint density at radius 2 is 2.36 bits per heavy atom. The molecule has 0 aliphatic rings. The van der Waals surface area contributed by atoms with Gasteiger partial charge in [-0.3, -0.25) is 0 Å². The lowest BCUT2D eigenvalue weighted by molar-refractivity contribution is 0.380.